The summed E-state index contributed by atoms with van der Waals surface area (Å²) in [4.78, 5) is 22.5. The van der Waals surface area contributed by atoms with Crippen LogP contribution in [0.2, 0.25) is 0 Å². The molecular weight excluding hydrogens is 242 g/mol. The zero-order chi connectivity index (χ0) is 13.1. The highest BCUT2D eigenvalue weighted by molar-refractivity contribution is 7.08. The number of hydrogen-bond donors (Lipinski definition) is 2. The zero-order valence-electron chi connectivity index (χ0n) is 9.89. The van der Waals surface area contributed by atoms with Crippen LogP contribution < -0.4 is 5.32 Å². The monoisotopic (exact) mass is 257 g/mol. The summed E-state index contributed by atoms with van der Waals surface area (Å²) in [6.07, 6.45) is -0.740. The summed E-state index contributed by atoms with van der Waals surface area (Å²) in [5.74, 6) is -1.12. The third kappa shape index (κ3) is 4.44. The van der Waals surface area contributed by atoms with E-state index in [1.807, 2.05) is 0 Å². The van der Waals surface area contributed by atoms with E-state index in [2.05, 4.69) is 5.32 Å². The molecule has 0 aliphatic heterocycles. The van der Waals surface area contributed by atoms with Crippen LogP contribution in [-0.4, -0.2) is 22.8 Å². The van der Waals surface area contributed by atoms with Gasteiger partial charge >= 0.3 is 12.1 Å². The molecule has 1 atom stereocenters. The third-order valence-corrected chi connectivity index (χ3v) is 2.49. The Bertz CT molecular complexity index is 394. The summed E-state index contributed by atoms with van der Waals surface area (Å²) in [6.45, 7) is 5.15. The van der Waals surface area contributed by atoms with Crippen molar-refractivity contribution in [3.63, 3.8) is 0 Å². The van der Waals surface area contributed by atoms with E-state index >= 15 is 0 Å². The Balaban J connectivity index is 2.69. The van der Waals surface area contributed by atoms with Crippen molar-refractivity contribution in [3.05, 3.63) is 22.4 Å². The molecule has 17 heavy (non-hydrogen) atoms. The van der Waals surface area contributed by atoms with Crippen LogP contribution in [0.15, 0.2) is 16.8 Å². The number of rotatable bonds is 3. The topological polar surface area (TPSA) is 75.6 Å². The van der Waals surface area contributed by atoms with Crippen LogP contribution in [0.1, 0.15) is 32.4 Å². The standard InChI is InChI=1S/C11H15NO4S/c1-11(2,3)16-10(15)12-8(9(13)14)7-4-5-17-6-7/h4-6,8H,1-3H3,(H,12,15)(H,13,14)/t8-/m0/s1. The molecule has 6 heteroatoms. The molecule has 0 spiro atoms. The summed E-state index contributed by atoms with van der Waals surface area (Å²) in [6, 6.07) is 0.581. The summed E-state index contributed by atoms with van der Waals surface area (Å²) in [5, 5.41) is 14.8. The number of carboxylic acids is 1. The van der Waals surface area contributed by atoms with E-state index < -0.39 is 23.7 Å². The molecule has 5 nitrogen and oxygen atoms in total. The number of carboxylic acid groups (broad SMARTS) is 1. The maximum atomic E-state index is 11.5. The zero-order valence-corrected chi connectivity index (χ0v) is 10.7. The van der Waals surface area contributed by atoms with Crippen LogP contribution in [0, 0.1) is 0 Å². The van der Waals surface area contributed by atoms with Gasteiger partial charge in [0.15, 0.2) is 6.04 Å². The summed E-state index contributed by atoms with van der Waals surface area (Å²) < 4.78 is 5.01. The second kappa shape index (κ2) is 5.18. The molecule has 2 N–H and O–H groups in total. The molecular formula is C11H15NO4S. The Morgan fingerprint density at radius 1 is 1.47 bits per heavy atom. The Labute approximate surface area is 103 Å². The number of ether oxygens (including phenoxy) is 1. The molecule has 0 saturated carbocycles. The van der Waals surface area contributed by atoms with Gasteiger partial charge in [0, 0.05) is 0 Å². The van der Waals surface area contributed by atoms with Gasteiger partial charge in [-0.05, 0) is 43.2 Å². The van der Waals surface area contributed by atoms with Gasteiger partial charge in [0.25, 0.3) is 0 Å². The third-order valence-electron chi connectivity index (χ3n) is 1.78. The van der Waals surface area contributed by atoms with Gasteiger partial charge < -0.3 is 15.2 Å². The molecule has 0 aromatic carbocycles. The van der Waals surface area contributed by atoms with Crippen molar-refractivity contribution in [1.29, 1.82) is 0 Å². The first-order valence-electron chi connectivity index (χ1n) is 5.04. The molecule has 1 aromatic heterocycles. The Morgan fingerprint density at radius 3 is 2.53 bits per heavy atom. The molecule has 1 heterocycles. The smallest absolute Gasteiger partial charge is 0.408 e. The van der Waals surface area contributed by atoms with Crippen LogP contribution in [0.4, 0.5) is 4.79 Å². The van der Waals surface area contributed by atoms with Gasteiger partial charge in [-0.2, -0.15) is 11.3 Å². The second-order valence-corrected chi connectivity index (χ2v) is 5.25. The summed E-state index contributed by atoms with van der Waals surface area (Å²) in [7, 11) is 0. The fourth-order valence-corrected chi connectivity index (χ4v) is 1.84. The normalized spacial score (nSPS) is 12.9. The molecule has 0 aliphatic carbocycles. The van der Waals surface area contributed by atoms with Crippen molar-refractivity contribution < 1.29 is 19.4 Å². The quantitative estimate of drug-likeness (QED) is 0.871. The molecule has 1 aromatic rings. The lowest BCUT2D eigenvalue weighted by Gasteiger charge is -2.21. The summed E-state index contributed by atoms with van der Waals surface area (Å²) >= 11 is 1.37. The van der Waals surface area contributed by atoms with Gasteiger partial charge in [-0.1, -0.05) is 0 Å². The number of amides is 1. The molecule has 0 unspecified atom stereocenters. The maximum absolute atomic E-state index is 11.5. The fourth-order valence-electron chi connectivity index (χ4n) is 1.15. The number of carbonyl (C=O) groups is 2. The molecule has 94 valence electrons. The predicted molar refractivity (Wildman–Crippen MR) is 64.1 cm³/mol. The molecule has 0 fully saturated rings. The van der Waals surface area contributed by atoms with Crippen molar-refractivity contribution in [2.24, 2.45) is 0 Å². The van der Waals surface area contributed by atoms with E-state index in [4.69, 9.17) is 9.84 Å². The minimum Gasteiger partial charge on any atom is -0.479 e. The van der Waals surface area contributed by atoms with Crippen LogP contribution in [-0.2, 0) is 9.53 Å². The van der Waals surface area contributed by atoms with Gasteiger partial charge in [-0.3, -0.25) is 0 Å². The van der Waals surface area contributed by atoms with Crippen molar-refractivity contribution in [3.8, 4) is 0 Å². The van der Waals surface area contributed by atoms with Crippen molar-refractivity contribution in [1.82, 2.24) is 5.32 Å². The van der Waals surface area contributed by atoms with E-state index in [0.29, 0.717) is 5.56 Å². The van der Waals surface area contributed by atoms with Gasteiger partial charge in [0.2, 0.25) is 0 Å². The predicted octanol–water partition coefficient (Wildman–Crippen LogP) is 2.40. The first kappa shape index (κ1) is 13.5. The van der Waals surface area contributed by atoms with Crippen LogP contribution in [0.25, 0.3) is 0 Å². The lowest BCUT2D eigenvalue weighted by Crippen LogP contribution is -2.37. The SMILES string of the molecule is CC(C)(C)OC(=O)N[C@H](C(=O)O)c1ccsc1. The average Bonchev–Trinajstić information content (AvgIpc) is 2.63. The fraction of sp³-hybridized carbons (Fsp3) is 0.455. The highest BCUT2D eigenvalue weighted by Crippen LogP contribution is 2.17. The molecule has 0 radical (unpaired) electrons. The summed E-state index contributed by atoms with van der Waals surface area (Å²) in [5.41, 5.74) is -0.115. The minimum absolute atomic E-state index is 0.536. The lowest BCUT2D eigenvalue weighted by atomic mass is 10.1. The van der Waals surface area contributed by atoms with Gasteiger partial charge in [-0.25, -0.2) is 9.59 Å². The lowest BCUT2D eigenvalue weighted by molar-refractivity contribution is -0.139. The van der Waals surface area contributed by atoms with Gasteiger partial charge in [-0.15, -0.1) is 0 Å². The Kier molecular flexibility index (Phi) is 4.11. The van der Waals surface area contributed by atoms with E-state index in [0.717, 1.165) is 0 Å². The number of thiophene rings is 1. The minimum atomic E-state index is -1.12. The number of aliphatic carboxylic acids is 1. The number of alkyl carbamates (subject to hydrolysis) is 1. The van der Waals surface area contributed by atoms with E-state index in [1.165, 1.54) is 11.3 Å². The van der Waals surface area contributed by atoms with Crippen LogP contribution >= 0.6 is 11.3 Å². The number of nitrogens with one attached hydrogen (secondary N) is 1. The molecule has 1 amide bonds. The Hall–Kier alpha value is -1.56. The van der Waals surface area contributed by atoms with Crippen molar-refractivity contribution in [2.75, 3.05) is 0 Å². The highest BCUT2D eigenvalue weighted by Gasteiger charge is 2.25. The van der Waals surface area contributed by atoms with Crippen molar-refractivity contribution in [2.45, 2.75) is 32.4 Å². The van der Waals surface area contributed by atoms with Crippen LogP contribution in [0.3, 0.4) is 0 Å². The second-order valence-electron chi connectivity index (χ2n) is 4.47. The maximum Gasteiger partial charge on any atom is 0.408 e. The van der Waals surface area contributed by atoms with E-state index in [9.17, 15) is 9.59 Å². The largest absolute Gasteiger partial charge is 0.479 e. The Morgan fingerprint density at radius 2 is 2.12 bits per heavy atom. The van der Waals surface area contributed by atoms with Crippen LogP contribution in [0.5, 0.6) is 0 Å². The van der Waals surface area contributed by atoms with Crippen molar-refractivity contribution >= 4 is 23.4 Å². The van der Waals surface area contributed by atoms with E-state index in [-0.39, 0.29) is 0 Å². The molecule has 0 saturated heterocycles. The average molecular weight is 257 g/mol. The van der Waals surface area contributed by atoms with Gasteiger partial charge in [0.1, 0.15) is 5.60 Å². The molecule has 0 bridgehead atoms. The highest BCUT2D eigenvalue weighted by atomic mass is 32.1. The van der Waals surface area contributed by atoms with Gasteiger partial charge in [0.05, 0.1) is 0 Å². The number of carbonyl (C=O) groups excluding carboxylic acids is 1. The molecule has 0 aliphatic rings. The first-order valence-corrected chi connectivity index (χ1v) is 5.98. The molecule has 1 rings (SSSR count). The number of hydrogen-bond acceptors (Lipinski definition) is 4. The van der Waals surface area contributed by atoms with E-state index in [1.54, 1.807) is 37.6 Å². The first-order chi connectivity index (χ1) is 7.79.